The van der Waals surface area contributed by atoms with Gasteiger partial charge in [-0.1, -0.05) is 12.8 Å². The minimum Gasteiger partial charge on any atom is -0.313 e. The summed E-state index contributed by atoms with van der Waals surface area (Å²) in [6.45, 7) is 1.74. The highest BCUT2D eigenvalue weighted by Gasteiger charge is 2.40. The maximum absolute atomic E-state index is 12.7. The van der Waals surface area contributed by atoms with Gasteiger partial charge in [-0.2, -0.15) is 4.31 Å². The van der Waals surface area contributed by atoms with Crippen LogP contribution in [0.2, 0.25) is 0 Å². The number of rotatable bonds is 3. The molecule has 5 heteroatoms. The fraction of sp³-hybridized carbons (Fsp3) is 1.00. The molecule has 2 heterocycles. The van der Waals surface area contributed by atoms with Crippen molar-refractivity contribution >= 4 is 10.0 Å². The highest BCUT2D eigenvalue weighted by atomic mass is 32.2. The van der Waals surface area contributed by atoms with Crippen molar-refractivity contribution in [2.75, 3.05) is 18.8 Å². The highest BCUT2D eigenvalue weighted by molar-refractivity contribution is 7.89. The van der Waals surface area contributed by atoms with E-state index in [0.29, 0.717) is 17.7 Å². The van der Waals surface area contributed by atoms with Crippen molar-refractivity contribution in [3.8, 4) is 0 Å². The van der Waals surface area contributed by atoms with Gasteiger partial charge in [-0.3, -0.25) is 0 Å². The first-order valence-corrected chi connectivity index (χ1v) is 9.50. The summed E-state index contributed by atoms with van der Waals surface area (Å²) >= 11 is 0. The average molecular weight is 286 g/mol. The zero-order valence-electron chi connectivity index (χ0n) is 11.7. The minimum absolute atomic E-state index is 0.189. The second-order valence-electron chi connectivity index (χ2n) is 6.44. The lowest BCUT2D eigenvalue weighted by Gasteiger charge is -2.43. The van der Waals surface area contributed by atoms with Crippen LogP contribution in [0.25, 0.3) is 0 Å². The lowest BCUT2D eigenvalue weighted by atomic mass is 9.79. The fourth-order valence-corrected chi connectivity index (χ4v) is 6.26. The molecule has 1 aliphatic carbocycles. The van der Waals surface area contributed by atoms with Crippen LogP contribution >= 0.6 is 0 Å². The summed E-state index contributed by atoms with van der Waals surface area (Å²) in [6.07, 6.45) is 9.23. The van der Waals surface area contributed by atoms with Gasteiger partial charge in [0, 0.05) is 18.6 Å². The fourth-order valence-electron chi connectivity index (χ4n) is 4.17. The van der Waals surface area contributed by atoms with Gasteiger partial charge in [0.15, 0.2) is 0 Å². The predicted molar refractivity (Wildman–Crippen MR) is 76.5 cm³/mol. The largest absolute Gasteiger partial charge is 0.313 e. The van der Waals surface area contributed by atoms with Crippen LogP contribution in [0.1, 0.15) is 51.4 Å². The molecule has 110 valence electrons. The molecule has 0 spiro atoms. The summed E-state index contributed by atoms with van der Waals surface area (Å²) in [4.78, 5) is 0. The van der Waals surface area contributed by atoms with E-state index in [4.69, 9.17) is 0 Å². The van der Waals surface area contributed by atoms with Gasteiger partial charge in [0.25, 0.3) is 0 Å². The van der Waals surface area contributed by atoms with Gasteiger partial charge in [0.05, 0.1) is 5.75 Å². The molecular weight excluding hydrogens is 260 g/mol. The highest BCUT2D eigenvalue weighted by Crippen LogP contribution is 2.36. The molecule has 1 saturated carbocycles. The maximum atomic E-state index is 12.7. The van der Waals surface area contributed by atoms with Crippen molar-refractivity contribution in [1.29, 1.82) is 0 Å². The number of piperidine rings is 1. The van der Waals surface area contributed by atoms with E-state index >= 15 is 0 Å². The minimum atomic E-state index is -3.07. The maximum Gasteiger partial charge on any atom is 0.215 e. The molecule has 0 aromatic heterocycles. The van der Waals surface area contributed by atoms with Gasteiger partial charge in [-0.15, -0.1) is 0 Å². The Morgan fingerprint density at radius 1 is 1.00 bits per heavy atom. The second-order valence-corrected chi connectivity index (χ2v) is 8.40. The Hall–Kier alpha value is -0.130. The van der Waals surface area contributed by atoms with Crippen LogP contribution in [0.15, 0.2) is 0 Å². The molecule has 0 radical (unpaired) electrons. The van der Waals surface area contributed by atoms with E-state index in [9.17, 15) is 8.42 Å². The van der Waals surface area contributed by atoms with Crippen molar-refractivity contribution in [2.24, 2.45) is 5.92 Å². The van der Waals surface area contributed by atoms with Crippen LogP contribution in [0.5, 0.6) is 0 Å². The van der Waals surface area contributed by atoms with Crippen LogP contribution in [0.3, 0.4) is 0 Å². The number of sulfonamides is 1. The Labute approximate surface area is 117 Å². The number of hydrogen-bond donors (Lipinski definition) is 1. The molecule has 2 saturated heterocycles. The first-order chi connectivity index (χ1) is 9.17. The van der Waals surface area contributed by atoms with Crippen molar-refractivity contribution < 1.29 is 8.42 Å². The van der Waals surface area contributed by atoms with E-state index < -0.39 is 10.0 Å². The quantitative estimate of drug-likeness (QED) is 0.859. The zero-order valence-corrected chi connectivity index (χ0v) is 12.5. The third kappa shape index (κ3) is 2.98. The number of nitrogens with zero attached hydrogens (tertiary/aromatic N) is 1. The molecule has 0 bridgehead atoms. The second kappa shape index (κ2) is 5.70. The predicted octanol–water partition coefficient (Wildman–Crippen LogP) is 1.72. The Bertz CT molecular complexity index is 402. The standard InChI is InChI=1S/C14H26N2O2S/c17-19(18,11-13-7-3-9-15-13)16-10-4-6-12-5-1-2-8-14(12)16/h12-15H,1-11H2. The summed E-state index contributed by atoms with van der Waals surface area (Å²) in [5.41, 5.74) is 0. The third-order valence-corrected chi connectivity index (χ3v) is 7.12. The van der Waals surface area contributed by atoms with E-state index in [1.165, 1.54) is 25.7 Å². The Morgan fingerprint density at radius 2 is 1.79 bits per heavy atom. The Kier molecular flexibility index (Phi) is 4.15. The van der Waals surface area contributed by atoms with Crippen LogP contribution in [-0.4, -0.2) is 43.6 Å². The smallest absolute Gasteiger partial charge is 0.215 e. The van der Waals surface area contributed by atoms with Crippen LogP contribution in [-0.2, 0) is 10.0 Å². The van der Waals surface area contributed by atoms with E-state index in [0.717, 1.165) is 38.8 Å². The van der Waals surface area contributed by atoms with Crippen molar-refractivity contribution in [3.63, 3.8) is 0 Å². The van der Waals surface area contributed by atoms with Crippen molar-refractivity contribution in [3.05, 3.63) is 0 Å². The normalized spacial score (nSPS) is 37.2. The van der Waals surface area contributed by atoms with Gasteiger partial charge in [-0.25, -0.2) is 8.42 Å². The summed E-state index contributed by atoms with van der Waals surface area (Å²) in [5, 5.41) is 3.32. The number of hydrogen-bond acceptors (Lipinski definition) is 3. The van der Waals surface area contributed by atoms with Gasteiger partial charge in [0.1, 0.15) is 0 Å². The monoisotopic (exact) mass is 286 g/mol. The summed E-state index contributed by atoms with van der Waals surface area (Å²) in [6, 6.07) is 0.503. The molecule has 0 aromatic carbocycles. The van der Waals surface area contributed by atoms with Gasteiger partial charge < -0.3 is 5.32 Å². The number of fused-ring (bicyclic) bond motifs is 1. The summed E-state index contributed by atoms with van der Waals surface area (Å²) < 4.78 is 27.2. The lowest BCUT2D eigenvalue weighted by molar-refractivity contribution is 0.129. The molecule has 3 aliphatic rings. The van der Waals surface area contributed by atoms with Crippen LogP contribution in [0, 0.1) is 5.92 Å². The van der Waals surface area contributed by atoms with E-state index in [2.05, 4.69) is 5.32 Å². The molecule has 3 atom stereocenters. The molecule has 1 N–H and O–H groups in total. The molecule has 0 aromatic rings. The zero-order chi connectivity index (χ0) is 13.3. The van der Waals surface area contributed by atoms with E-state index in [1.54, 1.807) is 0 Å². The van der Waals surface area contributed by atoms with Crippen LogP contribution < -0.4 is 5.32 Å². The molecule has 19 heavy (non-hydrogen) atoms. The first kappa shape index (κ1) is 13.8. The molecular formula is C14H26N2O2S. The molecule has 3 unspecified atom stereocenters. The lowest BCUT2D eigenvalue weighted by Crippen LogP contribution is -2.51. The Morgan fingerprint density at radius 3 is 2.58 bits per heavy atom. The van der Waals surface area contributed by atoms with Crippen molar-refractivity contribution in [2.45, 2.75) is 63.5 Å². The van der Waals surface area contributed by atoms with E-state index in [-0.39, 0.29) is 6.04 Å². The topological polar surface area (TPSA) is 49.4 Å². The number of nitrogens with one attached hydrogen (secondary N) is 1. The summed E-state index contributed by atoms with van der Waals surface area (Å²) in [5.74, 6) is 0.949. The first-order valence-electron chi connectivity index (χ1n) is 7.90. The molecule has 0 amide bonds. The molecule has 2 aliphatic heterocycles. The Balaban J connectivity index is 1.71. The molecule has 3 rings (SSSR count). The molecule has 3 fully saturated rings. The summed E-state index contributed by atoms with van der Waals surface area (Å²) in [7, 11) is -3.07. The SMILES string of the molecule is O=S(=O)(CC1CCCN1)N1CCCC2CCCCC21. The van der Waals surface area contributed by atoms with Crippen molar-refractivity contribution in [1.82, 2.24) is 9.62 Å². The van der Waals surface area contributed by atoms with Gasteiger partial charge in [0.2, 0.25) is 10.0 Å². The average Bonchev–Trinajstić information content (AvgIpc) is 2.90. The molecule has 4 nitrogen and oxygen atoms in total. The van der Waals surface area contributed by atoms with E-state index in [1.807, 2.05) is 4.31 Å². The van der Waals surface area contributed by atoms with Gasteiger partial charge in [-0.05, 0) is 51.0 Å². The van der Waals surface area contributed by atoms with Crippen LogP contribution in [0.4, 0.5) is 0 Å². The van der Waals surface area contributed by atoms with Gasteiger partial charge >= 0.3 is 0 Å². The third-order valence-electron chi connectivity index (χ3n) is 5.12.